The first kappa shape index (κ1) is 13.7. The first-order valence-corrected chi connectivity index (χ1v) is 7.27. The van der Waals surface area contributed by atoms with Crippen molar-refractivity contribution in [2.24, 2.45) is 0 Å². The second-order valence-corrected chi connectivity index (χ2v) is 5.90. The van der Waals surface area contributed by atoms with Crippen LogP contribution in [0.2, 0.25) is 0 Å². The Morgan fingerprint density at radius 3 is 2.48 bits per heavy atom. The van der Waals surface area contributed by atoms with E-state index in [4.69, 9.17) is 5.73 Å². The van der Waals surface area contributed by atoms with E-state index >= 15 is 0 Å². The number of nitrogens with zero attached hydrogens (tertiary/aromatic N) is 1. The third-order valence-electron chi connectivity index (χ3n) is 4.01. The molecule has 1 aromatic heterocycles. The molecule has 1 heterocycles. The van der Waals surface area contributed by atoms with Crippen molar-refractivity contribution >= 4 is 11.6 Å². The van der Waals surface area contributed by atoms with E-state index in [-0.39, 0.29) is 17.9 Å². The van der Waals surface area contributed by atoms with Crippen LogP contribution in [0.25, 0.3) is 0 Å². The Labute approximate surface area is 123 Å². The van der Waals surface area contributed by atoms with Crippen LogP contribution in [0.3, 0.4) is 0 Å². The fourth-order valence-electron chi connectivity index (χ4n) is 2.89. The summed E-state index contributed by atoms with van der Waals surface area (Å²) in [5.74, 6) is 0.0169. The van der Waals surface area contributed by atoms with Crippen LogP contribution >= 0.6 is 0 Å². The molecule has 0 saturated heterocycles. The summed E-state index contributed by atoms with van der Waals surface area (Å²) in [4.78, 5) is 12.3. The molecule has 21 heavy (non-hydrogen) atoms. The number of anilines is 1. The maximum atomic E-state index is 12.3. The van der Waals surface area contributed by atoms with Crippen molar-refractivity contribution in [1.82, 2.24) is 15.5 Å². The van der Waals surface area contributed by atoms with Crippen molar-refractivity contribution in [3.05, 3.63) is 46.8 Å². The molecule has 0 saturated carbocycles. The Kier molecular flexibility index (Phi) is 3.41. The maximum absolute atomic E-state index is 12.3. The molecule has 1 aliphatic carbocycles. The van der Waals surface area contributed by atoms with Gasteiger partial charge < -0.3 is 11.1 Å². The number of nitrogens with one attached hydrogen (secondary N) is 2. The number of carbonyl (C=O) groups is 1. The van der Waals surface area contributed by atoms with Crippen LogP contribution in [0, 0.1) is 0 Å². The average molecular weight is 284 g/mol. The van der Waals surface area contributed by atoms with Crippen molar-refractivity contribution in [2.45, 2.75) is 38.6 Å². The van der Waals surface area contributed by atoms with Gasteiger partial charge in [-0.15, -0.1) is 0 Å². The Hall–Kier alpha value is -2.30. The van der Waals surface area contributed by atoms with E-state index in [1.807, 2.05) is 26.0 Å². The summed E-state index contributed by atoms with van der Waals surface area (Å²) in [5, 5.41) is 9.96. The highest BCUT2D eigenvalue weighted by Crippen LogP contribution is 2.24. The van der Waals surface area contributed by atoms with Crippen LogP contribution in [0.15, 0.2) is 24.3 Å². The predicted molar refractivity (Wildman–Crippen MR) is 82.2 cm³/mol. The van der Waals surface area contributed by atoms with Crippen molar-refractivity contribution in [2.75, 3.05) is 5.73 Å². The number of nitrogens with two attached hydrogens (primary N) is 1. The molecule has 1 aromatic carbocycles. The van der Waals surface area contributed by atoms with Gasteiger partial charge in [-0.2, -0.15) is 5.10 Å². The van der Waals surface area contributed by atoms with E-state index in [0.29, 0.717) is 11.4 Å². The van der Waals surface area contributed by atoms with Gasteiger partial charge in [-0.3, -0.25) is 9.89 Å². The topological polar surface area (TPSA) is 83.8 Å². The molecule has 0 unspecified atom stereocenters. The van der Waals surface area contributed by atoms with Gasteiger partial charge in [0.2, 0.25) is 0 Å². The molecule has 0 atom stereocenters. The fraction of sp³-hybridized carbons (Fsp3) is 0.375. The lowest BCUT2D eigenvalue weighted by Gasteiger charge is -2.11. The molecule has 2 aromatic rings. The van der Waals surface area contributed by atoms with Crippen LogP contribution in [0.4, 0.5) is 5.69 Å². The number of amides is 1. The Morgan fingerprint density at radius 2 is 1.95 bits per heavy atom. The second-order valence-electron chi connectivity index (χ2n) is 5.90. The van der Waals surface area contributed by atoms with Crippen molar-refractivity contribution in [3.8, 4) is 0 Å². The highest BCUT2D eigenvalue weighted by molar-refractivity contribution is 5.97. The molecular formula is C16H20N4O. The van der Waals surface area contributed by atoms with Gasteiger partial charge in [0.1, 0.15) is 0 Å². The van der Waals surface area contributed by atoms with E-state index in [2.05, 4.69) is 27.6 Å². The van der Waals surface area contributed by atoms with Crippen molar-refractivity contribution in [1.29, 1.82) is 0 Å². The standard InChI is InChI=1S/C16H20N4O/c1-9(2)14-13(17)15(20-19-14)16(21)18-12-7-10-5-3-4-6-11(10)8-12/h3-6,9,12H,7-8,17H2,1-2H3,(H,18,21)(H,19,20). The third kappa shape index (κ3) is 2.51. The SMILES string of the molecule is CC(C)c1[nH]nc(C(=O)NC2Cc3ccccc3C2)c1N. The largest absolute Gasteiger partial charge is 0.395 e. The number of hydrogen-bond acceptors (Lipinski definition) is 3. The van der Waals surface area contributed by atoms with Gasteiger partial charge in [-0.05, 0) is 29.9 Å². The third-order valence-corrected chi connectivity index (χ3v) is 4.01. The van der Waals surface area contributed by atoms with E-state index in [9.17, 15) is 4.79 Å². The number of carbonyl (C=O) groups excluding carboxylic acids is 1. The van der Waals surface area contributed by atoms with E-state index in [1.54, 1.807) is 0 Å². The van der Waals surface area contributed by atoms with Crippen LogP contribution in [-0.2, 0) is 12.8 Å². The monoisotopic (exact) mass is 284 g/mol. The molecule has 110 valence electrons. The molecule has 0 spiro atoms. The van der Waals surface area contributed by atoms with Crippen molar-refractivity contribution < 1.29 is 4.79 Å². The molecule has 4 N–H and O–H groups in total. The number of rotatable bonds is 3. The molecular weight excluding hydrogens is 264 g/mol. The van der Waals surface area contributed by atoms with Gasteiger partial charge in [0, 0.05) is 6.04 Å². The second kappa shape index (κ2) is 5.24. The van der Waals surface area contributed by atoms with Gasteiger partial charge in [0.25, 0.3) is 5.91 Å². The summed E-state index contributed by atoms with van der Waals surface area (Å²) >= 11 is 0. The molecule has 5 nitrogen and oxygen atoms in total. The van der Waals surface area contributed by atoms with Crippen LogP contribution < -0.4 is 11.1 Å². The zero-order valence-electron chi connectivity index (χ0n) is 12.3. The van der Waals surface area contributed by atoms with Gasteiger partial charge in [0.15, 0.2) is 5.69 Å². The van der Waals surface area contributed by atoms with E-state index in [1.165, 1.54) is 11.1 Å². The fourth-order valence-corrected chi connectivity index (χ4v) is 2.89. The number of nitrogen functional groups attached to an aromatic ring is 1. The molecule has 3 rings (SSSR count). The number of fused-ring (bicyclic) bond motifs is 1. The highest BCUT2D eigenvalue weighted by atomic mass is 16.2. The summed E-state index contributed by atoms with van der Waals surface area (Å²) in [7, 11) is 0. The number of H-pyrrole nitrogens is 1. The zero-order chi connectivity index (χ0) is 15.0. The van der Waals surface area contributed by atoms with Crippen LogP contribution in [0.1, 0.15) is 47.1 Å². The lowest BCUT2D eigenvalue weighted by Crippen LogP contribution is -2.35. The normalized spacial score (nSPS) is 14.4. The predicted octanol–water partition coefficient (Wildman–Crippen LogP) is 2.01. The quantitative estimate of drug-likeness (QED) is 0.806. The van der Waals surface area contributed by atoms with Crippen LogP contribution in [-0.4, -0.2) is 22.1 Å². The zero-order valence-corrected chi connectivity index (χ0v) is 12.3. The molecule has 5 heteroatoms. The van der Waals surface area contributed by atoms with Crippen LogP contribution in [0.5, 0.6) is 0 Å². The minimum atomic E-state index is -0.201. The lowest BCUT2D eigenvalue weighted by molar-refractivity contribution is 0.0934. The van der Waals surface area contributed by atoms with Crippen molar-refractivity contribution in [3.63, 3.8) is 0 Å². The molecule has 1 amide bonds. The minimum Gasteiger partial charge on any atom is -0.395 e. The Morgan fingerprint density at radius 1 is 1.33 bits per heavy atom. The van der Waals surface area contributed by atoms with Gasteiger partial charge in [-0.25, -0.2) is 0 Å². The molecule has 1 aliphatic rings. The molecule has 0 radical (unpaired) electrons. The lowest BCUT2D eigenvalue weighted by atomic mass is 10.1. The Balaban J connectivity index is 1.71. The smallest absolute Gasteiger partial charge is 0.274 e. The first-order valence-electron chi connectivity index (χ1n) is 7.27. The summed E-state index contributed by atoms with van der Waals surface area (Å²) in [6.45, 7) is 4.03. The Bertz CT molecular complexity index is 650. The summed E-state index contributed by atoms with van der Waals surface area (Å²) in [5.41, 5.74) is 10.2. The van der Waals surface area contributed by atoms with Gasteiger partial charge >= 0.3 is 0 Å². The highest BCUT2D eigenvalue weighted by Gasteiger charge is 2.25. The number of aromatic nitrogens is 2. The first-order chi connectivity index (χ1) is 10.1. The maximum Gasteiger partial charge on any atom is 0.274 e. The van der Waals surface area contributed by atoms with E-state index < -0.39 is 0 Å². The van der Waals surface area contributed by atoms with E-state index in [0.717, 1.165) is 18.5 Å². The summed E-state index contributed by atoms with van der Waals surface area (Å²) in [6, 6.07) is 8.41. The molecule has 0 aliphatic heterocycles. The van der Waals surface area contributed by atoms with Gasteiger partial charge in [-0.1, -0.05) is 38.1 Å². The number of benzene rings is 1. The average Bonchev–Trinajstić information content (AvgIpc) is 3.01. The summed E-state index contributed by atoms with van der Waals surface area (Å²) < 4.78 is 0. The molecule has 0 fully saturated rings. The number of aromatic amines is 1. The summed E-state index contributed by atoms with van der Waals surface area (Å²) in [6.07, 6.45) is 1.73. The number of hydrogen-bond donors (Lipinski definition) is 3. The molecule has 0 bridgehead atoms. The minimum absolute atomic E-state index is 0.119. The van der Waals surface area contributed by atoms with Gasteiger partial charge in [0.05, 0.1) is 11.4 Å².